The summed E-state index contributed by atoms with van der Waals surface area (Å²) in [4.78, 5) is 40.0. The third-order valence-corrected chi connectivity index (χ3v) is 7.18. The number of ether oxygens (including phenoxy) is 1. The largest absolute Gasteiger partial charge is 0.492 e. The fourth-order valence-corrected chi connectivity index (χ4v) is 5.14. The summed E-state index contributed by atoms with van der Waals surface area (Å²) in [6, 6.07) is 10.6. The van der Waals surface area contributed by atoms with Gasteiger partial charge in [0.15, 0.2) is 0 Å². The van der Waals surface area contributed by atoms with Crippen molar-refractivity contribution in [1.82, 2.24) is 14.0 Å². The van der Waals surface area contributed by atoms with Crippen LogP contribution in [-0.4, -0.2) is 48.1 Å². The molecule has 0 aliphatic carbocycles. The minimum absolute atomic E-state index is 0.0253. The van der Waals surface area contributed by atoms with E-state index in [4.69, 9.17) is 4.74 Å². The molecule has 0 unspecified atom stereocenters. The maximum atomic E-state index is 13.2. The van der Waals surface area contributed by atoms with E-state index in [1.54, 1.807) is 36.1 Å². The van der Waals surface area contributed by atoms with Crippen LogP contribution in [0.3, 0.4) is 0 Å². The predicted molar refractivity (Wildman–Crippen MR) is 128 cm³/mol. The van der Waals surface area contributed by atoms with Gasteiger partial charge in [-0.3, -0.25) is 23.4 Å². The Kier molecular flexibility index (Phi) is 6.47. The number of benzene rings is 2. The Labute approximate surface area is 196 Å². The molecule has 3 aromatic rings. The number of carbonyl (C=O) groups is 1. The molecule has 1 N–H and O–H groups in total. The van der Waals surface area contributed by atoms with Crippen LogP contribution in [0.1, 0.15) is 19.8 Å². The number of rotatable bonds is 7. The van der Waals surface area contributed by atoms with Crippen LogP contribution in [0.25, 0.3) is 10.9 Å². The summed E-state index contributed by atoms with van der Waals surface area (Å²) < 4.78 is 36.3. The molecule has 0 bridgehead atoms. The predicted octanol–water partition coefficient (Wildman–Crippen LogP) is 1.52. The van der Waals surface area contributed by atoms with E-state index in [0.29, 0.717) is 25.4 Å². The second-order valence-corrected chi connectivity index (χ2v) is 9.72. The van der Waals surface area contributed by atoms with Crippen molar-refractivity contribution in [2.45, 2.75) is 31.2 Å². The number of likely N-dealkylation sites (tertiary alicyclic amines) is 1. The van der Waals surface area contributed by atoms with Gasteiger partial charge in [0.1, 0.15) is 12.3 Å². The zero-order chi connectivity index (χ0) is 24.5. The highest BCUT2D eigenvalue weighted by molar-refractivity contribution is 7.92. The maximum absolute atomic E-state index is 13.2. The maximum Gasteiger partial charge on any atom is 0.331 e. The topological polar surface area (TPSA) is 120 Å². The lowest BCUT2D eigenvalue weighted by Crippen LogP contribution is -2.43. The lowest BCUT2D eigenvalue weighted by molar-refractivity contribution is -0.130. The molecule has 0 spiro atoms. The van der Waals surface area contributed by atoms with Crippen molar-refractivity contribution in [2.24, 2.45) is 7.05 Å². The van der Waals surface area contributed by atoms with Crippen LogP contribution in [-0.2, 0) is 28.4 Å². The van der Waals surface area contributed by atoms with Gasteiger partial charge in [-0.05, 0) is 50.1 Å². The number of carbonyl (C=O) groups excluding carboxylic acids is 1. The van der Waals surface area contributed by atoms with Crippen molar-refractivity contribution >= 4 is 32.5 Å². The molecular formula is C23H26N4O6S. The molecule has 1 saturated heterocycles. The van der Waals surface area contributed by atoms with Gasteiger partial charge in [0.25, 0.3) is 15.6 Å². The van der Waals surface area contributed by atoms with Crippen molar-refractivity contribution in [3.63, 3.8) is 0 Å². The summed E-state index contributed by atoms with van der Waals surface area (Å²) in [5.41, 5.74) is -0.811. The Morgan fingerprint density at radius 1 is 1.09 bits per heavy atom. The van der Waals surface area contributed by atoms with Gasteiger partial charge in [-0.25, -0.2) is 13.2 Å². The Morgan fingerprint density at radius 2 is 1.79 bits per heavy atom. The molecule has 1 amide bonds. The molecule has 4 rings (SSSR count). The number of hydrogen-bond acceptors (Lipinski definition) is 6. The smallest absolute Gasteiger partial charge is 0.331 e. The molecule has 34 heavy (non-hydrogen) atoms. The van der Waals surface area contributed by atoms with Crippen LogP contribution in [0, 0.1) is 0 Å². The van der Waals surface area contributed by atoms with Gasteiger partial charge in [-0.15, -0.1) is 0 Å². The number of para-hydroxylation sites is 2. The number of anilines is 1. The molecule has 1 aliphatic rings. The SMILES string of the molecule is CCOc1ccccc1NS(=O)(=O)c1ccc2c(c1)c(=O)n(CC(=O)N1CCCC1)c(=O)n2C. The lowest BCUT2D eigenvalue weighted by Gasteiger charge is -2.17. The minimum atomic E-state index is -4.08. The first kappa shape index (κ1) is 23.6. The molecule has 1 aliphatic heterocycles. The first-order valence-electron chi connectivity index (χ1n) is 11.0. The van der Waals surface area contributed by atoms with Crippen molar-refractivity contribution in [3.05, 3.63) is 63.3 Å². The monoisotopic (exact) mass is 486 g/mol. The zero-order valence-electron chi connectivity index (χ0n) is 19.0. The van der Waals surface area contributed by atoms with E-state index >= 15 is 0 Å². The van der Waals surface area contributed by atoms with Crippen LogP contribution in [0.2, 0.25) is 0 Å². The average molecular weight is 487 g/mol. The van der Waals surface area contributed by atoms with Gasteiger partial charge in [0.2, 0.25) is 5.91 Å². The number of nitrogens with one attached hydrogen (secondary N) is 1. The van der Waals surface area contributed by atoms with Gasteiger partial charge < -0.3 is 9.64 Å². The van der Waals surface area contributed by atoms with Crippen LogP contribution < -0.4 is 20.7 Å². The first-order chi connectivity index (χ1) is 16.2. The molecule has 0 radical (unpaired) electrons. The standard InChI is InChI=1S/C23H26N4O6S/c1-3-33-20-9-5-4-8-18(20)24-34(31,32)16-10-11-19-17(14-16)22(29)27(23(30)25(19)2)15-21(28)26-12-6-7-13-26/h4-5,8-11,14,24H,3,6-7,12-13,15H2,1-2H3. The van der Waals surface area contributed by atoms with Gasteiger partial charge in [0, 0.05) is 20.1 Å². The number of sulfonamides is 1. The molecule has 0 atom stereocenters. The van der Waals surface area contributed by atoms with E-state index in [9.17, 15) is 22.8 Å². The molecule has 2 heterocycles. The summed E-state index contributed by atoms with van der Waals surface area (Å²) in [7, 11) is -2.60. The molecule has 2 aromatic carbocycles. The quantitative estimate of drug-likeness (QED) is 0.541. The van der Waals surface area contributed by atoms with Crippen molar-refractivity contribution < 1.29 is 17.9 Å². The molecule has 1 fully saturated rings. The van der Waals surface area contributed by atoms with Gasteiger partial charge >= 0.3 is 5.69 Å². The van der Waals surface area contributed by atoms with Crippen LogP contribution in [0.5, 0.6) is 5.75 Å². The van der Waals surface area contributed by atoms with Crippen molar-refractivity contribution in [3.8, 4) is 5.75 Å². The second-order valence-electron chi connectivity index (χ2n) is 8.03. The minimum Gasteiger partial charge on any atom is -0.492 e. The number of fused-ring (bicyclic) bond motifs is 1. The third kappa shape index (κ3) is 4.43. The zero-order valence-corrected chi connectivity index (χ0v) is 19.8. The van der Waals surface area contributed by atoms with Crippen molar-refractivity contribution in [2.75, 3.05) is 24.4 Å². The average Bonchev–Trinajstić information content (AvgIpc) is 3.36. The van der Waals surface area contributed by atoms with E-state index in [1.165, 1.54) is 29.8 Å². The fourth-order valence-electron chi connectivity index (χ4n) is 4.04. The van der Waals surface area contributed by atoms with Gasteiger partial charge in [-0.2, -0.15) is 0 Å². The molecule has 180 valence electrons. The molecule has 0 saturated carbocycles. The van der Waals surface area contributed by atoms with Crippen LogP contribution >= 0.6 is 0 Å². The number of aromatic nitrogens is 2. The second kappa shape index (κ2) is 9.34. The summed E-state index contributed by atoms with van der Waals surface area (Å²) in [5.74, 6) is 0.0635. The Hall–Kier alpha value is -3.60. The number of hydrogen-bond donors (Lipinski definition) is 1. The molecule has 1 aromatic heterocycles. The van der Waals surface area contributed by atoms with E-state index in [2.05, 4.69) is 4.72 Å². The lowest BCUT2D eigenvalue weighted by atomic mass is 10.2. The molecular weight excluding hydrogens is 460 g/mol. The Bertz CT molecular complexity index is 1470. The normalized spacial score (nSPS) is 13.9. The van der Waals surface area contributed by atoms with Crippen LogP contribution in [0.4, 0.5) is 5.69 Å². The van der Waals surface area contributed by atoms with Gasteiger partial charge in [-0.1, -0.05) is 12.1 Å². The molecule has 11 heteroatoms. The fraction of sp³-hybridized carbons (Fsp3) is 0.348. The first-order valence-corrected chi connectivity index (χ1v) is 12.5. The Morgan fingerprint density at radius 3 is 2.50 bits per heavy atom. The van der Waals surface area contributed by atoms with Crippen LogP contribution in [0.15, 0.2) is 56.9 Å². The highest BCUT2D eigenvalue weighted by Crippen LogP contribution is 2.27. The molecule has 10 nitrogen and oxygen atoms in total. The summed E-state index contributed by atoms with van der Waals surface area (Å²) in [6.45, 7) is 2.95. The van der Waals surface area contributed by atoms with Gasteiger partial charge in [0.05, 0.1) is 28.1 Å². The van der Waals surface area contributed by atoms with Crippen molar-refractivity contribution in [1.29, 1.82) is 0 Å². The van der Waals surface area contributed by atoms with E-state index in [-0.39, 0.29) is 27.4 Å². The summed E-state index contributed by atoms with van der Waals surface area (Å²) >= 11 is 0. The number of aryl methyl sites for hydroxylation is 1. The summed E-state index contributed by atoms with van der Waals surface area (Å²) in [6.07, 6.45) is 1.77. The van der Waals surface area contributed by atoms with E-state index < -0.39 is 27.8 Å². The van der Waals surface area contributed by atoms with E-state index in [1.807, 2.05) is 0 Å². The highest BCUT2D eigenvalue weighted by Gasteiger charge is 2.23. The number of amides is 1. The highest BCUT2D eigenvalue weighted by atomic mass is 32.2. The third-order valence-electron chi connectivity index (χ3n) is 5.82. The number of nitrogens with zero attached hydrogens (tertiary/aromatic N) is 3. The Balaban J connectivity index is 1.75. The summed E-state index contributed by atoms with van der Waals surface area (Å²) in [5, 5.41) is 0.0253. The van der Waals surface area contributed by atoms with E-state index in [0.717, 1.165) is 17.4 Å².